The molecule has 0 unspecified atom stereocenters. The van der Waals surface area contributed by atoms with Crippen molar-refractivity contribution in [3.8, 4) is 5.69 Å². The van der Waals surface area contributed by atoms with E-state index >= 15 is 0 Å². The molecular formula is C20H20N6O. The number of aromatic nitrogens is 5. The first-order chi connectivity index (χ1) is 13.2. The number of rotatable bonds is 5. The van der Waals surface area contributed by atoms with E-state index in [0.29, 0.717) is 5.56 Å². The lowest BCUT2D eigenvalue weighted by Gasteiger charge is -2.15. The highest BCUT2D eigenvalue weighted by Gasteiger charge is 2.13. The van der Waals surface area contributed by atoms with Gasteiger partial charge in [0.1, 0.15) is 5.52 Å². The summed E-state index contributed by atoms with van der Waals surface area (Å²) in [6.07, 6.45) is 5.39. The van der Waals surface area contributed by atoms with Gasteiger partial charge >= 0.3 is 0 Å². The molecule has 2 aromatic heterocycles. The number of amides is 1. The predicted molar refractivity (Wildman–Crippen MR) is 103 cm³/mol. The van der Waals surface area contributed by atoms with E-state index in [1.165, 1.54) is 0 Å². The van der Waals surface area contributed by atoms with Gasteiger partial charge in [-0.05, 0) is 49.7 Å². The van der Waals surface area contributed by atoms with Crippen LogP contribution in [0.2, 0.25) is 0 Å². The van der Waals surface area contributed by atoms with Gasteiger partial charge in [0.15, 0.2) is 0 Å². The number of carbonyl (C=O) groups is 1. The lowest BCUT2D eigenvalue weighted by molar-refractivity contribution is 0.0940. The van der Waals surface area contributed by atoms with Crippen LogP contribution in [-0.2, 0) is 6.54 Å². The van der Waals surface area contributed by atoms with Crippen molar-refractivity contribution < 1.29 is 4.79 Å². The van der Waals surface area contributed by atoms with Crippen molar-refractivity contribution in [2.75, 3.05) is 0 Å². The SMILES string of the molecule is CCn1nnc2cc(C(=O)N[C@H](C)c3ccc(-n4ccnc4)cc3)ccc21. The van der Waals surface area contributed by atoms with Crippen LogP contribution < -0.4 is 5.32 Å². The van der Waals surface area contributed by atoms with Crippen molar-refractivity contribution in [2.45, 2.75) is 26.4 Å². The molecule has 0 radical (unpaired) electrons. The van der Waals surface area contributed by atoms with Crippen LogP contribution in [-0.4, -0.2) is 30.5 Å². The quantitative estimate of drug-likeness (QED) is 0.593. The monoisotopic (exact) mass is 360 g/mol. The van der Waals surface area contributed by atoms with E-state index < -0.39 is 0 Å². The minimum absolute atomic E-state index is 0.114. The Labute approximate surface area is 156 Å². The third kappa shape index (κ3) is 3.31. The molecule has 4 rings (SSSR count). The molecule has 7 nitrogen and oxygen atoms in total. The first kappa shape index (κ1) is 17.0. The van der Waals surface area contributed by atoms with E-state index in [1.54, 1.807) is 18.6 Å². The van der Waals surface area contributed by atoms with Gasteiger partial charge in [-0.15, -0.1) is 5.10 Å². The van der Waals surface area contributed by atoms with Crippen LogP contribution in [0, 0.1) is 0 Å². The molecule has 0 aliphatic rings. The van der Waals surface area contributed by atoms with Crippen molar-refractivity contribution in [3.05, 3.63) is 72.3 Å². The van der Waals surface area contributed by atoms with Gasteiger partial charge in [0, 0.05) is 30.2 Å². The fourth-order valence-electron chi connectivity index (χ4n) is 3.06. The average molecular weight is 360 g/mol. The standard InChI is InChI=1S/C20H20N6O/c1-3-26-19-9-6-16(12-18(19)23-24-26)20(27)22-14(2)15-4-7-17(8-5-15)25-11-10-21-13-25/h4-14H,3H2,1-2H3,(H,22,27)/t14-/m1/s1. The van der Waals surface area contributed by atoms with Crippen molar-refractivity contribution in [1.29, 1.82) is 0 Å². The Morgan fingerprint density at radius 1 is 1.19 bits per heavy atom. The summed E-state index contributed by atoms with van der Waals surface area (Å²) in [5.41, 5.74) is 4.29. The molecule has 4 aromatic rings. The number of aryl methyl sites for hydroxylation is 1. The molecule has 1 atom stereocenters. The van der Waals surface area contributed by atoms with Gasteiger partial charge in [-0.2, -0.15) is 0 Å². The molecule has 1 amide bonds. The summed E-state index contributed by atoms with van der Waals surface area (Å²) < 4.78 is 3.74. The van der Waals surface area contributed by atoms with Crippen LogP contribution in [0.3, 0.4) is 0 Å². The molecule has 2 heterocycles. The summed E-state index contributed by atoms with van der Waals surface area (Å²) in [4.78, 5) is 16.7. The van der Waals surface area contributed by atoms with Crippen LogP contribution >= 0.6 is 0 Å². The topological polar surface area (TPSA) is 77.6 Å². The fraction of sp³-hybridized carbons (Fsp3) is 0.200. The van der Waals surface area contributed by atoms with Crippen LogP contribution in [0.25, 0.3) is 16.7 Å². The Morgan fingerprint density at radius 2 is 2.00 bits per heavy atom. The summed E-state index contributed by atoms with van der Waals surface area (Å²) in [6.45, 7) is 4.72. The number of nitrogens with zero attached hydrogens (tertiary/aromatic N) is 5. The van der Waals surface area contributed by atoms with Gasteiger partial charge < -0.3 is 9.88 Å². The zero-order chi connectivity index (χ0) is 18.8. The molecular weight excluding hydrogens is 340 g/mol. The smallest absolute Gasteiger partial charge is 0.251 e. The Balaban J connectivity index is 1.48. The van der Waals surface area contributed by atoms with Gasteiger partial charge in [-0.25, -0.2) is 9.67 Å². The number of fused-ring (bicyclic) bond motifs is 1. The van der Waals surface area contributed by atoms with Crippen molar-refractivity contribution >= 4 is 16.9 Å². The second-order valence-corrected chi connectivity index (χ2v) is 6.37. The molecule has 0 aliphatic heterocycles. The maximum Gasteiger partial charge on any atom is 0.251 e. The fourth-order valence-corrected chi connectivity index (χ4v) is 3.06. The van der Waals surface area contributed by atoms with Gasteiger partial charge in [0.2, 0.25) is 0 Å². The third-order valence-electron chi connectivity index (χ3n) is 4.62. The Morgan fingerprint density at radius 3 is 2.70 bits per heavy atom. The molecule has 1 N–H and O–H groups in total. The summed E-state index contributed by atoms with van der Waals surface area (Å²) in [7, 11) is 0. The summed E-state index contributed by atoms with van der Waals surface area (Å²) in [6, 6.07) is 13.4. The molecule has 0 aliphatic carbocycles. The lowest BCUT2D eigenvalue weighted by atomic mass is 10.1. The molecule has 136 valence electrons. The van der Waals surface area contributed by atoms with Crippen molar-refractivity contribution in [1.82, 2.24) is 29.9 Å². The first-order valence-corrected chi connectivity index (χ1v) is 8.88. The maximum absolute atomic E-state index is 12.6. The Bertz CT molecular complexity index is 1070. The van der Waals surface area contributed by atoms with Gasteiger partial charge in [0.05, 0.1) is 17.9 Å². The summed E-state index contributed by atoms with van der Waals surface area (Å²) >= 11 is 0. The number of carbonyl (C=O) groups excluding carboxylic acids is 1. The molecule has 0 fully saturated rings. The highest BCUT2D eigenvalue weighted by molar-refractivity contribution is 5.97. The van der Waals surface area contributed by atoms with E-state index in [1.807, 2.05) is 65.7 Å². The number of benzene rings is 2. The van der Waals surface area contributed by atoms with Gasteiger partial charge in [0.25, 0.3) is 5.91 Å². The normalized spacial score (nSPS) is 12.2. The lowest BCUT2D eigenvalue weighted by Crippen LogP contribution is -2.26. The highest BCUT2D eigenvalue weighted by atomic mass is 16.1. The van der Waals surface area contributed by atoms with Crippen molar-refractivity contribution in [3.63, 3.8) is 0 Å². The highest BCUT2D eigenvalue weighted by Crippen LogP contribution is 2.18. The van der Waals surface area contributed by atoms with E-state index in [2.05, 4.69) is 20.6 Å². The van der Waals surface area contributed by atoms with Crippen LogP contribution in [0.5, 0.6) is 0 Å². The average Bonchev–Trinajstić information content (AvgIpc) is 3.37. The number of hydrogen-bond acceptors (Lipinski definition) is 4. The number of hydrogen-bond donors (Lipinski definition) is 1. The second kappa shape index (κ2) is 7.03. The summed E-state index contributed by atoms with van der Waals surface area (Å²) in [5.74, 6) is -0.130. The maximum atomic E-state index is 12.6. The van der Waals surface area contributed by atoms with Crippen LogP contribution in [0.4, 0.5) is 0 Å². The van der Waals surface area contributed by atoms with Crippen LogP contribution in [0.15, 0.2) is 61.2 Å². The van der Waals surface area contributed by atoms with E-state index in [-0.39, 0.29) is 11.9 Å². The van der Waals surface area contributed by atoms with E-state index in [9.17, 15) is 4.79 Å². The molecule has 2 aromatic carbocycles. The Hall–Kier alpha value is -3.48. The summed E-state index contributed by atoms with van der Waals surface area (Å²) in [5, 5.41) is 11.2. The van der Waals surface area contributed by atoms with Gasteiger partial charge in [-0.3, -0.25) is 4.79 Å². The third-order valence-corrected chi connectivity index (χ3v) is 4.62. The molecule has 0 bridgehead atoms. The minimum Gasteiger partial charge on any atom is -0.346 e. The van der Waals surface area contributed by atoms with E-state index in [0.717, 1.165) is 28.8 Å². The molecule has 27 heavy (non-hydrogen) atoms. The second-order valence-electron chi connectivity index (χ2n) is 6.37. The molecule has 0 spiro atoms. The van der Waals surface area contributed by atoms with E-state index in [4.69, 9.17) is 0 Å². The van der Waals surface area contributed by atoms with Crippen molar-refractivity contribution in [2.24, 2.45) is 0 Å². The Kier molecular flexibility index (Phi) is 4.42. The first-order valence-electron chi connectivity index (χ1n) is 8.88. The minimum atomic E-state index is -0.130. The largest absolute Gasteiger partial charge is 0.346 e. The zero-order valence-corrected chi connectivity index (χ0v) is 15.2. The predicted octanol–water partition coefficient (Wildman–Crippen LogP) is 3.13. The molecule has 0 saturated carbocycles. The molecule has 7 heteroatoms. The molecule has 0 saturated heterocycles. The number of imidazole rings is 1. The number of nitrogens with one attached hydrogen (secondary N) is 1. The zero-order valence-electron chi connectivity index (χ0n) is 15.2. The van der Waals surface area contributed by atoms with Gasteiger partial charge in [-0.1, -0.05) is 17.3 Å². The van der Waals surface area contributed by atoms with Crippen LogP contribution in [0.1, 0.15) is 35.8 Å².